The molecule has 7 heteroatoms. The first-order valence-corrected chi connectivity index (χ1v) is 11.9. The van der Waals surface area contributed by atoms with Crippen LogP contribution in [0.15, 0.2) is 47.9 Å². The average molecular weight is 462 g/mol. The number of aromatic nitrogens is 1. The minimum absolute atomic E-state index is 0.0892. The van der Waals surface area contributed by atoms with Crippen molar-refractivity contribution >= 4 is 62.0 Å². The van der Waals surface area contributed by atoms with Gasteiger partial charge in [0, 0.05) is 27.2 Å². The van der Waals surface area contributed by atoms with Crippen LogP contribution in [0.1, 0.15) is 48.7 Å². The van der Waals surface area contributed by atoms with Crippen molar-refractivity contribution in [1.29, 1.82) is 0 Å². The fourth-order valence-corrected chi connectivity index (χ4v) is 5.46. The van der Waals surface area contributed by atoms with Crippen LogP contribution in [-0.4, -0.2) is 16.7 Å². The summed E-state index contributed by atoms with van der Waals surface area (Å²) in [5, 5.41) is 5.71. The van der Waals surface area contributed by atoms with Crippen LogP contribution in [0, 0.1) is 13.8 Å². The number of hydrogen-bond donors (Lipinski definition) is 2. The minimum atomic E-state index is -0.280. The van der Waals surface area contributed by atoms with Gasteiger partial charge in [-0.15, -0.1) is 22.7 Å². The molecule has 0 unspecified atom stereocenters. The maximum atomic E-state index is 12.9. The molecule has 0 aliphatic carbocycles. The molecule has 0 saturated carbocycles. The monoisotopic (exact) mass is 461 g/mol. The van der Waals surface area contributed by atoms with Crippen LogP contribution >= 0.6 is 22.7 Å². The number of pyridine rings is 1. The summed E-state index contributed by atoms with van der Waals surface area (Å²) in [7, 11) is 0. The SMILES string of the molecule is CCc1c(C)nc2sc(C(=O)Nc3ccc(C(=O)C=Cc4cccs4)cc3)c(N)c2c1C. The van der Waals surface area contributed by atoms with Crippen LogP contribution in [0.3, 0.4) is 0 Å². The molecule has 5 nitrogen and oxygen atoms in total. The number of hydrogen-bond acceptors (Lipinski definition) is 6. The molecule has 0 aliphatic rings. The number of aryl methyl sites for hydroxylation is 2. The molecule has 0 fully saturated rings. The van der Waals surface area contributed by atoms with Gasteiger partial charge in [0.05, 0.1) is 5.69 Å². The maximum absolute atomic E-state index is 12.9. The predicted molar refractivity (Wildman–Crippen MR) is 135 cm³/mol. The summed E-state index contributed by atoms with van der Waals surface area (Å²) in [6.07, 6.45) is 4.22. The van der Waals surface area contributed by atoms with Crippen molar-refractivity contribution < 1.29 is 9.59 Å². The van der Waals surface area contributed by atoms with Gasteiger partial charge in [-0.2, -0.15) is 0 Å². The number of nitrogen functional groups attached to an aromatic ring is 1. The van der Waals surface area contributed by atoms with Gasteiger partial charge in [0.25, 0.3) is 5.91 Å². The number of rotatable bonds is 6. The Balaban J connectivity index is 1.53. The summed E-state index contributed by atoms with van der Waals surface area (Å²) >= 11 is 2.87. The lowest BCUT2D eigenvalue weighted by Crippen LogP contribution is -2.12. The number of allylic oxidation sites excluding steroid dienone is 1. The van der Waals surface area contributed by atoms with Crippen LogP contribution in [0.25, 0.3) is 16.3 Å². The van der Waals surface area contributed by atoms with E-state index in [1.807, 2.05) is 31.4 Å². The average Bonchev–Trinajstić information content (AvgIpc) is 3.40. The highest BCUT2D eigenvalue weighted by molar-refractivity contribution is 7.21. The van der Waals surface area contributed by atoms with Crippen LogP contribution in [-0.2, 0) is 6.42 Å². The van der Waals surface area contributed by atoms with Gasteiger partial charge in [-0.25, -0.2) is 4.98 Å². The standard InChI is InChI=1S/C25H23N3O2S2/c1-4-19-14(2)21-22(26)23(32-25(21)27-15(19)3)24(30)28-17-9-7-16(8-10-17)20(29)12-11-18-6-5-13-31-18/h5-13H,4,26H2,1-3H3,(H,28,30). The van der Waals surface area contributed by atoms with E-state index in [-0.39, 0.29) is 11.7 Å². The summed E-state index contributed by atoms with van der Waals surface area (Å²) in [6, 6.07) is 10.7. The lowest BCUT2D eigenvalue weighted by atomic mass is 10.0. The Kier molecular flexibility index (Phi) is 6.21. The van der Waals surface area contributed by atoms with Crippen LogP contribution in [0.4, 0.5) is 11.4 Å². The molecule has 3 N–H and O–H groups in total. The van der Waals surface area contributed by atoms with Crippen molar-refractivity contribution in [3.8, 4) is 0 Å². The van der Waals surface area contributed by atoms with E-state index in [9.17, 15) is 9.59 Å². The third kappa shape index (κ3) is 4.22. The normalized spacial score (nSPS) is 11.3. The van der Waals surface area contributed by atoms with Crippen molar-refractivity contribution in [2.45, 2.75) is 27.2 Å². The maximum Gasteiger partial charge on any atom is 0.267 e. The second-order valence-corrected chi connectivity index (χ2v) is 9.40. The van der Waals surface area contributed by atoms with Crippen LogP contribution in [0.5, 0.6) is 0 Å². The smallest absolute Gasteiger partial charge is 0.267 e. The molecule has 4 rings (SSSR count). The summed E-state index contributed by atoms with van der Waals surface area (Å²) in [6.45, 7) is 6.11. The highest BCUT2D eigenvalue weighted by Gasteiger charge is 2.21. The zero-order valence-corrected chi connectivity index (χ0v) is 19.7. The Morgan fingerprint density at radius 3 is 2.56 bits per heavy atom. The Hall–Kier alpha value is -3.29. The van der Waals surface area contributed by atoms with Gasteiger partial charge in [-0.3, -0.25) is 9.59 Å². The second kappa shape index (κ2) is 9.06. The van der Waals surface area contributed by atoms with Crippen LogP contribution in [0.2, 0.25) is 0 Å². The molecule has 3 aromatic heterocycles. The Bertz CT molecular complexity index is 1330. The number of anilines is 2. The Labute approximate surface area is 194 Å². The lowest BCUT2D eigenvalue weighted by molar-refractivity contribution is 0.102. The summed E-state index contributed by atoms with van der Waals surface area (Å²) < 4.78 is 0. The third-order valence-electron chi connectivity index (χ3n) is 5.39. The molecule has 162 valence electrons. The molecule has 1 aromatic carbocycles. The Morgan fingerprint density at radius 1 is 1.16 bits per heavy atom. The number of nitrogens with zero attached hydrogens (tertiary/aromatic N) is 1. The first-order valence-electron chi connectivity index (χ1n) is 10.2. The van der Waals surface area contributed by atoms with Gasteiger partial charge < -0.3 is 11.1 Å². The number of nitrogens with two attached hydrogens (primary N) is 1. The summed E-state index contributed by atoms with van der Waals surface area (Å²) in [4.78, 5) is 32.2. The number of amides is 1. The highest BCUT2D eigenvalue weighted by atomic mass is 32.1. The second-order valence-electron chi connectivity index (χ2n) is 7.42. The molecule has 4 aromatic rings. The fraction of sp³-hybridized carbons (Fsp3) is 0.160. The zero-order chi connectivity index (χ0) is 22.8. The lowest BCUT2D eigenvalue weighted by Gasteiger charge is -2.08. The van der Waals surface area contributed by atoms with E-state index >= 15 is 0 Å². The topological polar surface area (TPSA) is 85.1 Å². The summed E-state index contributed by atoms with van der Waals surface area (Å²) in [5.74, 6) is -0.369. The molecular weight excluding hydrogens is 438 g/mol. The van der Waals surface area contributed by atoms with E-state index in [1.54, 1.807) is 47.8 Å². The van der Waals surface area contributed by atoms with Gasteiger partial charge in [0.2, 0.25) is 0 Å². The van der Waals surface area contributed by atoms with Crippen molar-refractivity contribution in [1.82, 2.24) is 4.98 Å². The first kappa shape index (κ1) is 21.9. The van der Waals surface area contributed by atoms with Crippen molar-refractivity contribution in [2.24, 2.45) is 0 Å². The van der Waals surface area contributed by atoms with E-state index in [0.29, 0.717) is 21.8 Å². The number of thiophene rings is 2. The largest absolute Gasteiger partial charge is 0.397 e. The first-order chi connectivity index (χ1) is 15.4. The molecular formula is C25H23N3O2S2. The number of benzene rings is 1. The molecule has 0 bridgehead atoms. The zero-order valence-electron chi connectivity index (χ0n) is 18.1. The number of nitrogens with one attached hydrogen (secondary N) is 1. The van der Waals surface area contributed by atoms with E-state index in [1.165, 1.54) is 16.9 Å². The van der Waals surface area contributed by atoms with E-state index in [2.05, 4.69) is 17.2 Å². The molecule has 3 heterocycles. The predicted octanol–water partition coefficient (Wildman–Crippen LogP) is 6.27. The van der Waals surface area contributed by atoms with Crippen molar-refractivity contribution in [3.05, 3.63) is 80.0 Å². The number of ketones is 1. The van der Waals surface area contributed by atoms with E-state index in [0.717, 1.165) is 32.8 Å². The molecule has 0 saturated heterocycles. The van der Waals surface area contributed by atoms with Gasteiger partial charge >= 0.3 is 0 Å². The molecule has 0 radical (unpaired) electrons. The molecule has 0 spiro atoms. The molecule has 32 heavy (non-hydrogen) atoms. The summed E-state index contributed by atoms with van der Waals surface area (Å²) in [5.41, 5.74) is 11.2. The van der Waals surface area contributed by atoms with E-state index < -0.39 is 0 Å². The van der Waals surface area contributed by atoms with Gasteiger partial charge in [-0.05, 0) is 79.3 Å². The highest BCUT2D eigenvalue weighted by Crippen LogP contribution is 2.37. The third-order valence-corrected chi connectivity index (χ3v) is 7.33. The number of carbonyl (C=O) groups excluding carboxylic acids is 2. The number of carbonyl (C=O) groups is 2. The van der Waals surface area contributed by atoms with Crippen molar-refractivity contribution in [2.75, 3.05) is 11.1 Å². The van der Waals surface area contributed by atoms with Gasteiger partial charge in [0.1, 0.15) is 9.71 Å². The molecule has 1 amide bonds. The van der Waals surface area contributed by atoms with Gasteiger partial charge in [-0.1, -0.05) is 13.0 Å². The van der Waals surface area contributed by atoms with Crippen LogP contribution < -0.4 is 11.1 Å². The van der Waals surface area contributed by atoms with Gasteiger partial charge in [0.15, 0.2) is 5.78 Å². The molecule has 0 aliphatic heterocycles. The fourth-order valence-electron chi connectivity index (χ4n) is 3.75. The Morgan fingerprint density at radius 2 is 1.91 bits per heavy atom. The molecule has 0 atom stereocenters. The number of fused-ring (bicyclic) bond motifs is 1. The van der Waals surface area contributed by atoms with E-state index in [4.69, 9.17) is 5.73 Å². The quantitative estimate of drug-likeness (QED) is 0.262. The van der Waals surface area contributed by atoms with Crippen molar-refractivity contribution in [3.63, 3.8) is 0 Å². The minimum Gasteiger partial charge on any atom is -0.397 e.